The van der Waals surface area contributed by atoms with Gasteiger partial charge in [0.1, 0.15) is 5.82 Å². The molecule has 0 atom stereocenters. The molecule has 3 nitrogen and oxygen atoms in total. The van der Waals surface area contributed by atoms with Crippen molar-refractivity contribution in [2.24, 2.45) is 0 Å². The van der Waals surface area contributed by atoms with Crippen molar-refractivity contribution in [3.8, 4) is 11.4 Å². The molecule has 5 heteroatoms. The van der Waals surface area contributed by atoms with Crippen molar-refractivity contribution < 1.29 is 0 Å². The molecule has 0 saturated carbocycles. The van der Waals surface area contributed by atoms with Crippen molar-refractivity contribution in [1.29, 1.82) is 0 Å². The van der Waals surface area contributed by atoms with E-state index in [-0.39, 0.29) is 5.41 Å². The lowest BCUT2D eigenvalue weighted by molar-refractivity contribution is 0.565. The molecule has 0 amide bonds. The minimum absolute atomic E-state index is 0.0797. The van der Waals surface area contributed by atoms with E-state index in [4.69, 9.17) is 10.7 Å². The number of aryl methyl sites for hydroxylation is 2. The molecule has 102 valence electrons. The Bertz CT molecular complexity index is 626. The summed E-state index contributed by atoms with van der Waals surface area (Å²) in [6.07, 6.45) is 0. The summed E-state index contributed by atoms with van der Waals surface area (Å²) >= 11 is 5.25. The second kappa shape index (κ2) is 4.87. The van der Waals surface area contributed by atoms with Crippen LogP contribution in [0.3, 0.4) is 0 Å². The second-order valence-corrected chi connectivity index (χ2v) is 7.93. The number of anilines is 1. The topological polar surface area (TPSA) is 51.8 Å². The van der Waals surface area contributed by atoms with Gasteiger partial charge in [-0.1, -0.05) is 20.8 Å². The van der Waals surface area contributed by atoms with Gasteiger partial charge in [-0.05, 0) is 35.8 Å². The largest absolute Gasteiger partial charge is 0.383 e. The number of hydrogen-bond donors (Lipinski definition) is 1. The zero-order chi connectivity index (χ0) is 14.4. The highest BCUT2D eigenvalue weighted by molar-refractivity contribution is 9.10. The second-order valence-electron chi connectivity index (χ2n) is 5.67. The van der Waals surface area contributed by atoms with Crippen molar-refractivity contribution in [1.82, 2.24) is 9.97 Å². The summed E-state index contributed by atoms with van der Waals surface area (Å²) in [5, 5.41) is 0. The lowest BCUT2D eigenvalue weighted by Gasteiger charge is -2.20. The fourth-order valence-corrected chi connectivity index (χ4v) is 3.63. The monoisotopic (exact) mass is 339 g/mol. The van der Waals surface area contributed by atoms with Crippen molar-refractivity contribution in [2.45, 2.75) is 40.0 Å². The first-order valence-electron chi connectivity index (χ1n) is 6.11. The summed E-state index contributed by atoms with van der Waals surface area (Å²) < 4.78 is 0.799. The van der Waals surface area contributed by atoms with E-state index in [0.29, 0.717) is 11.6 Å². The first kappa shape index (κ1) is 14.5. The van der Waals surface area contributed by atoms with Crippen LogP contribution in [0.4, 0.5) is 5.82 Å². The van der Waals surface area contributed by atoms with Gasteiger partial charge in [-0.15, -0.1) is 11.3 Å². The zero-order valence-electron chi connectivity index (χ0n) is 11.8. The first-order valence-corrected chi connectivity index (χ1v) is 7.72. The average Bonchev–Trinajstić information content (AvgIpc) is 2.60. The Morgan fingerprint density at radius 1 is 1.21 bits per heavy atom. The highest BCUT2D eigenvalue weighted by atomic mass is 79.9. The maximum Gasteiger partial charge on any atom is 0.162 e. The van der Waals surface area contributed by atoms with Gasteiger partial charge in [-0.25, -0.2) is 9.97 Å². The van der Waals surface area contributed by atoms with Crippen molar-refractivity contribution in [2.75, 3.05) is 5.73 Å². The van der Waals surface area contributed by atoms with E-state index in [0.717, 1.165) is 15.7 Å². The number of halogens is 1. The number of nitrogens with zero attached hydrogens (tertiary/aromatic N) is 2. The number of nitrogen functional groups attached to an aromatic ring is 1. The maximum absolute atomic E-state index is 6.02. The number of hydrogen-bond acceptors (Lipinski definition) is 4. The van der Waals surface area contributed by atoms with Gasteiger partial charge in [0.2, 0.25) is 0 Å². The fraction of sp³-hybridized carbons (Fsp3) is 0.429. The van der Waals surface area contributed by atoms with Gasteiger partial charge in [0.15, 0.2) is 5.82 Å². The number of nitrogens with two attached hydrogens (primary N) is 1. The van der Waals surface area contributed by atoms with Crippen LogP contribution in [0.1, 0.15) is 36.2 Å². The molecule has 0 spiro atoms. The van der Waals surface area contributed by atoms with Gasteiger partial charge in [-0.3, -0.25) is 0 Å². The van der Waals surface area contributed by atoms with Crippen LogP contribution in [0.2, 0.25) is 0 Å². The molecule has 0 aliphatic rings. The molecule has 19 heavy (non-hydrogen) atoms. The van der Waals surface area contributed by atoms with E-state index in [2.05, 4.69) is 61.6 Å². The predicted octanol–water partition coefficient (Wildman–Crippen LogP) is 4.46. The number of thiophene rings is 1. The van der Waals surface area contributed by atoms with E-state index in [1.165, 1.54) is 9.75 Å². The van der Waals surface area contributed by atoms with Crippen molar-refractivity contribution in [3.05, 3.63) is 26.0 Å². The van der Waals surface area contributed by atoms with Crippen LogP contribution in [-0.2, 0) is 5.41 Å². The van der Waals surface area contributed by atoms with Gasteiger partial charge in [-0.2, -0.15) is 0 Å². The molecule has 2 aromatic heterocycles. The molecule has 2 aromatic rings. The third kappa shape index (κ3) is 2.82. The van der Waals surface area contributed by atoms with Gasteiger partial charge in [0.05, 0.1) is 10.2 Å². The molecule has 2 rings (SSSR count). The van der Waals surface area contributed by atoms with Crippen molar-refractivity contribution in [3.63, 3.8) is 0 Å². The van der Waals surface area contributed by atoms with Crippen LogP contribution in [0.5, 0.6) is 0 Å². The molecule has 0 unspecified atom stereocenters. The predicted molar refractivity (Wildman–Crippen MR) is 85.6 cm³/mol. The quantitative estimate of drug-likeness (QED) is 0.834. The van der Waals surface area contributed by atoms with E-state index in [9.17, 15) is 0 Å². The average molecular weight is 340 g/mol. The van der Waals surface area contributed by atoms with Crippen LogP contribution in [0.15, 0.2) is 10.5 Å². The number of aromatic nitrogens is 2. The van der Waals surface area contributed by atoms with Crippen molar-refractivity contribution >= 4 is 33.1 Å². The van der Waals surface area contributed by atoms with Crippen LogP contribution in [-0.4, -0.2) is 9.97 Å². The van der Waals surface area contributed by atoms with E-state index in [1.807, 2.05) is 0 Å². The minimum Gasteiger partial charge on any atom is -0.383 e. The third-order valence-electron chi connectivity index (χ3n) is 2.87. The van der Waals surface area contributed by atoms with Crippen LogP contribution in [0, 0.1) is 13.8 Å². The summed E-state index contributed by atoms with van der Waals surface area (Å²) in [5.41, 5.74) is 7.96. The molecule has 0 fully saturated rings. The van der Waals surface area contributed by atoms with Gasteiger partial charge >= 0.3 is 0 Å². The first-order chi connectivity index (χ1) is 8.70. The molecule has 2 heterocycles. The molecule has 2 N–H and O–H groups in total. The highest BCUT2D eigenvalue weighted by Crippen LogP contribution is 2.35. The number of rotatable bonds is 1. The van der Waals surface area contributed by atoms with Crippen LogP contribution in [0.25, 0.3) is 11.4 Å². The maximum atomic E-state index is 6.02. The molecular weight excluding hydrogens is 322 g/mol. The Balaban J connectivity index is 2.67. The third-order valence-corrected chi connectivity index (χ3v) is 4.62. The highest BCUT2D eigenvalue weighted by Gasteiger charge is 2.23. The van der Waals surface area contributed by atoms with Crippen LogP contribution >= 0.6 is 27.3 Å². The van der Waals surface area contributed by atoms with E-state index < -0.39 is 0 Å². The summed E-state index contributed by atoms with van der Waals surface area (Å²) in [4.78, 5) is 11.6. The molecule has 0 aliphatic carbocycles. The summed E-state index contributed by atoms with van der Waals surface area (Å²) in [5.74, 6) is 1.21. The lowest BCUT2D eigenvalue weighted by Crippen LogP contribution is -2.17. The molecule has 0 aliphatic heterocycles. The Labute approximate surface area is 126 Å². The Hall–Kier alpha value is -0.940. The summed E-state index contributed by atoms with van der Waals surface area (Å²) in [7, 11) is 0. The Morgan fingerprint density at radius 3 is 2.32 bits per heavy atom. The van der Waals surface area contributed by atoms with Gasteiger partial charge in [0, 0.05) is 20.7 Å². The smallest absolute Gasteiger partial charge is 0.162 e. The van der Waals surface area contributed by atoms with E-state index in [1.54, 1.807) is 11.3 Å². The SMILES string of the molecule is Cc1cc(-c2nc(N)c(Br)c(C(C)(C)C)n2)c(C)s1. The summed E-state index contributed by atoms with van der Waals surface area (Å²) in [6.45, 7) is 10.5. The van der Waals surface area contributed by atoms with E-state index >= 15 is 0 Å². The molecule has 0 bridgehead atoms. The van der Waals surface area contributed by atoms with Gasteiger partial charge < -0.3 is 5.73 Å². The Morgan fingerprint density at radius 2 is 1.84 bits per heavy atom. The standard InChI is InChI=1S/C14H18BrN3S/c1-7-6-9(8(2)19-7)13-17-11(14(3,4)5)10(15)12(16)18-13/h6H,1-5H3,(H2,16,17,18). The summed E-state index contributed by atoms with van der Waals surface area (Å²) in [6, 6.07) is 2.12. The minimum atomic E-state index is -0.0797. The van der Waals surface area contributed by atoms with Gasteiger partial charge in [0.25, 0.3) is 0 Å². The molecule has 0 saturated heterocycles. The molecule has 0 aromatic carbocycles. The fourth-order valence-electron chi connectivity index (χ4n) is 1.93. The Kier molecular flexibility index (Phi) is 3.71. The molecular formula is C14H18BrN3S. The van der Waals surface area contributed by atoms with Crippen LogP contribution < -0.4 is 5.73 Å². The lowest BCUT2D eigenvalue weighted by atomic mass is 9.91. The zero-order valence-corrected chi connectivity index (χ0v) is 14.2. The normalized spacial score (nSPS) is 11.9. The molecule has 0 radical (unpaired) electrons.